The molecule has 0 saturated heterocycles. The number of pyridine rings is 1. The van der Waals surface area contributed by atoms with E-state index in [1.807, 2.05) is 6.20 Å². The van der Waals surface area contributed by atoms with Crippen molar-refractivity contribution < 1.29 is 0 Å². The van der Waals surface area contributed by atoms with Crippen LogP contribution in [0.5, 0.6) is 0 Å². The summed E-state index contributed by atoms with van der Waals surface area (Å²) in [7, 11) is 0. The molecule has 0 bridgehead atoms. The van der Waals surface area contributed by atoms with Gasteiger partial charge >= 0.3 is 0 Å². The van der Waals surface area contributed by atoms with Gasteiger partial charge in [-0.2, -0.15) is 0 Å². The van der Waals surface area contributed by atoms with Gasteiger partial charge in [-0.3, -0.25) is 4.98 Å². The first-order chi connectivity index (χ1) is 7.81. The van der Waals surface area contributed by atoms with Crippen LogP contribution < -0.4 is 5.32 Å². The monoisotopic (exact) mass is 218 g/mol. The van der Waals surface area contributed by atoms with Gasteiger partial charge in [-0.25, -0.2) is 0 Å². The fourth-order valence-corrected chi connectivity index (χ4v) is 2.83. The molecule has 1 fully saturated rings. The first-order valence-electron chi connectivity index (χ1n) is 6.43. The first kappa shape index (κ1) is 11.6. The second-order valence-electron chi connectivity index (χ2n) is 4.90. The van der Waals surface area contributed by atoms with Crippen LogP contribution in [-0.4, -0.2) is 18.1 Å². The average molecular weight is 218 g/mol. The van der Waals surface area contributed by atoms with E-state index in [0.717, 1.165) is 24.9 Å². The van der Waals surface area contributed by atoms with Gasteiger partial charge in [0, 0.05) is 12.4 Å². The van der Waals surface area contributed by atoms with Crippen LogP contribution >= 0.6 is 0 Å². The number of rotatable bonds is 4. The van der Waals surface area contributed by atoms with E-state index in [1.54, 1.807) is 0 Å². The summed E-state index contributed by atoms with van der Waals surface area (Å²) in [5, 5.41) is 3.48. The lowest BCUT2D eigenvalue weighted by molar-refractivity contribution is 0.449. The predicted octanol–water partition coefficient (Wildman–Crippen LogP) is 2.88. The Hall–Kier alpha value is -0.890. The van der Waals surface area contributed by atoms with Crippen LogP contribution in [0.2, 0.25) is 0 Å². The Morgan fingerprint density at radius 3 is 3.00 bits per heavy atom. The Morgan fingerprint density at radius 1 is 1.38 bits per heavy atom. The molecule has 2 nitrogen and oxygen atoms in total. The van der Waals surface area contributed by atoms with E-state index in [2.05, 4.69) is 36.4 Å². The van der Waals surface area contributed by atoms with E-state index in [0.29, 0.717) is 0 Å². The molecule has 1 aliphatic rings. The highest BCUT2D eigenvalue weighted by Gasteiger charge is 2.28. The van der Waals surface area contributed by atoms with Gasteiger partial charge in [0.2, 0.25) is 0 Å². The maximum absolute atomic E-state index is 4.32. The summed E-state index contributed by atoms with van der Waals surface area (Å²) >= 11 is 0. The lowest BCUT2D eigenvalue weighted by Gasteiger charge is -2.20. The van der Waals surface area contributed by atoms with Crippen molar-refractivity contribution in [1.29, 1.82) is 0 Å². The van der Waals surface area contributed by atoms with Crippen LogP contribution in [0.4, 0.5) is 0 Å². The molecular formula is C14H22N2. The number of aryl methyl sites for hydroxylation is 1. The number of hydrogen-bond donors (Lipinski definition) is 1. The minimum Gasteiger partial charge on any atom is -0.317 e. The Bertz CT molecular complexity index is 335. The van der Waals surface area contributed by atoms with Crippen LogP contribution in [0.25, 0.3) is 0 Å². The fourth-order valence-electron chi connectivity index (χ4n) is 2.83. The molecule has 88 valence electrons. The molecule has 1 saturated carbocycles. The number of hydrogen-bond acceptors (Lipinski definition) is 2. The van der Waals surface area contributed by atoms with E-state index in [-0.39, 0.29) is 0 Å². The van der Waals surface area contributed by atoms with Crippen LogP contribution in [0.3, 0.4) is 0 Å². The molecule has 0 aromatic carbocycles. The zero-order chi connectivity index (χ0) is 11.4. The molecule has 1 heterocycles. The molecule has 1 N–H and O–H groups in total. The molecule has 1 aromatic rings. The molecule has 0 spiro atoms. The van der Waals surface area contributed by atoms with Gasteiger partial charge < -0.3 is 5.32 Å². The summed E-state index contributed by atoms with van der Waals surface area (Å²) in [6, 6.07) is 2.31. The summed E-state index contributed by atoms with van der Waals surface area (Å²) in [6.07, 6.45) is 8.07. The summed E-state index contributed by atoms with van der Waals surface area (Å²) in [4.78, 5) is 4.32. The van der Waals surface area contributed by atoms with Crippen LogP contribution in [0, 0.1) is 12.8 Å². The van der Waals surface area contributed by atoms with Crippen molar-refractivity contribution in [3.63, 3.8) is 0 Å². The zero-order valence-corrected chi connectivity index (χ0v) is 10.4. The fraction of sp³-hybridized carbons (Fsp3) is 0.643. The van der Waals surface area contributed by atoms with Gasteiger partial charge in [-0.1, -0.05) is 19.4 Å². The molecule has 1 aromatic heterocycles. The Labute approximate surface area is 98.5 Å². The largest absolute Gasteiger partial charge is 0.317 e. The third kappa shape index (κ3) is 2.62. The van der Waals surface area contributed by atoms with E-state index in [9.17, 15) is 0 Å². The Morgan fingerprint density at radius 2 is 2.25 bits per heavy atom. The standard InChI is InChI=1S/C14H22N2/c1-3-15-9-12-5-4-6-14(12)13-7-11(2)8-16-10-13/h7-8,10,12,14-15H,3-6,9H2,1-2H3. The van der Waals surface area contributed by atoms with Gasteiger partial charge in [-0.15, -0.1) is 0 Å². The molecule has 2 heteroatoms. The van der Waals surface area contributed by atoms with Gasteiger partial charge in [0.15, 0.2) is 0 Å². The van der Waals surface area contributed by atoms with Crippen molar-refractivity contribution in [1.82, 2.24) is 10.3 Å². The maximum atomic E-state index is 4.32. The summed E-state index contributed by atoms with van der Waals surface area (Å²) in [6.45, 7) is 6.55. The van der Waals surface area contributed by atoms with Gasteiger partial charge in [0.1, 0.15) is 0 Å². The second-order valence-corrected chi connectivity index (χ2v) is 4.90. The van der Waals surface area contributed by atoms with E-state index in [1.165, 1.54) is 30.4 Å². The topological polar surface area (TPSA) is 24.9 Å². The number of nitrogens with one attached hydrogen (secondary N) is 1. The van der Waals surface area contributed by atoms with Crippen molar-refractivity contribution in [2.24, 2.45) is 5.92 Å². The molecule has 0 amide bonds. The summed E-state index contributed by atoms with van der Waals surface area (Å²) < 4.78 is 0. The lowest BCUT2D eigenvalue weighted by Crippen LogP contribution is -2.24. The maximum Gasteiger partial charge on any atom is 0.0303 e. The number of aromatic nitrogens is 1. The second kappa shape index (κ2) is 5.44. The average Bonchev–Trinajstić information content (AvgIpc) is 2.74. The molecule has 0 radical (unpaired) electrons. The summed E-state index contributed by atoms with van der Waals surface area (Å²) in [5.74, 6) is 1.54. The normalized spacial score (nSPS) is 24.9. The lowest BCUT2D eigenvalue weighted by atomic mass is 9.89. The number of nitrogens with zero attached hydrogens (tertiary/aromatic N) is 1. The van der Waals surface area contributed by atoms with E-state index < -0.39 is 0 Å². The third-order valence-electron chi connectivity index (χ3n) is 3.64. The minimum absolute atomic E-state index is 0.728. The van der Waals surface area contributed by atoms with Gasteiger partial charge in [-0.05, 0) is 55.8 Å². The highest BCUT2D eigenvalue weighted by molar-refractivity contribution is 5.22. The van der Waals surface area contributed by atoms with Crippen LogP contribution in [-0.2, 0) is 0 Å². The SMILES string of the molecule is CCNCC1CCCC1c1cncc(C)c1. The van der Waals surface area contributed by atoms with E-state index in [4.69, 9.17) is 0 Å². The van der Waals surface area contributed by atoms with Crippen molar-refractivity contribution in [3.8, 4) is 0 Å². The minimum atomic E-state index is 0.728. The zero-order valence-electron chi connectivity index (χ0n) is 10.4. The molecule has 1 aliphatic carbocycles. The van der Waals surface area contributed by atoms with Gasteiger partial charge in [0.05, 0.1) is 0 Å². The summed E-state index contributed by atoms with van der Waals surface area (Å²) in [5.41, 5.74) is 2.73. The Kier molecular flexibility index (Phi) is 3.94. The molecule has 2 unspecified atom stereocenters. The smallest absolute Gasteiger partial charge is 0.0303 e. The molecule has 2 rings (SSSR count). The Balaban J connectivity index is 2.07. The van der Waals surface area contributed by atoms with Crippen molar-refractivity contribution in [2.45, 2.75) is 39.0 Å². The van der Waals surface area contributed by atoms with Crippen molar-refractivity contribution in [2.75, 3.05) is 13.1 Å². The molecular weight excluding hydrogens is 196 g/mol. The molecule has 2 atom stereocenters. The van der Waals surface area contributed by atoms with E-state index >= 15 is 0 Å². The molecule has 0 aliphatic heterocycles. The van der Waals surface area contributed by atoms with Crippen molar-refractivity contribution in [3.05, 3.63) is 29.6 Å². The van der Waals surface area contributed by atoms with Crippen LogP contribution in [0.1, 0.15) is 43.2 Å². The molecule has 16 heavy (non-hydrogen) atoms. The van der Waals surface area contributed by atoms with Crippen molar-refractivity contribution >= 4 is 0 Å². The highest BCUT2D eigenvalue weighted by Crippen LogP contribution is 2.39. The predicted molar refractivity (Wildman–Crippen MR) is 67.6 cm³/mol. The van der Waals surface area contributed by atoms with Gasteiger partial charge in [0.25, 0.3) is 0 Å². The first-order valence-corrected chi connectivity index (χ1v) is 6.43. The van der Waals surface area contributed by atoms with Crippen LogP contribution in [0.15, 0.2) is 18.5 Å². The third-order valence-corrected chi connectivity index (χ3v) is 3.64. The quantitative estimate of drug-likeness (QED) is 0.840. The highest BCUT2D eigenvalue weighted by atomic mass is 14.8.